The van der Waals surface area contributed by atoms with Crippen LogP contribution >= 0.6 is 0 Å². The third-order valence-electron chi connectivity index (χ3n) is 8.63. The van der Waals surface area contributed by atoms with Gasteiger partial charge in [0, 0.05) is 12.1 Å². The second-order valence-electron chi connectivity index (χ2n) is 10.9. The van der Waals surface area contributed by atoms with Crippen LogP contribution in [0.15, 0.2) is 21.2 Å². The maximum absolute atomic E-state index is 13.0. The number of hydrogen-bond acceptors (Lipinski definition) is 10. The van der Waals surface area contributed by atoms with Gasteiger partial charge in [-0.25, -0.2) is 9.80 Å². The van der Waals surface area contributed by atoms with Gasteiger partial charge >= 0.3 is 0 Å². The summed E-state index contributed by atoms with van der Waals surface area (Å²) < 4.78 is 10.1. The van der Waals surface area contributed by atoms with Crippen LogP contribution in [0.5, 0.6) is 0 Å². The van der Waals surface area contributed by atoms with Crippen LogP contribution < -0.4 is 9.80 Å². The molecule has 2 unspecified atom stereocenters. The second-order valence-corrected chi connectivity index (χ2v) is 10.9. The van der Waals surface area contributed by atoms with Gasteiger partial charge in [0.15, 0.2) is 11.6 Å². The summed E-state index contributed by atoms with van der Waals surface area (Å²) in [5.41, 5.74) is 0. The lowest BCUT2D eigenvalue weighted by atomic mass is 9.78. The number of hydrogen-bond donors (Lipinski definition) is 0. The highest BCUT2D eigenvalue weighted by Gasteiger charge is 2.47. The van der Waals surface area contributed by atoms with Crippen molar-refractivity contribution in [2.45, 2.75) is 64.5 Å². The maximum atomic E-state index is 13.0. The first-order valence-electron chi connectivity index (χ1n) is 13.4. The lowest BCUT2D eigenvalue weighted by molar-refractivity contribution is -0.125. The summed E-state index contributed by atoms with van der Waals surface area (Å²) in [5.74, 6) is 1.83. The molecule has 202 valence electrons. The van der Waals surface area contributed by atoms with Crippen LogP contribution in [0.4, 0.5) is 11.6 Å². The zero-order chi connectivity index (χ0) is 26.6. The highest BCUT2D eigenvalue weighted by Crippen LogP contribution is 2.36. The van der Waals surface area contributed by atoms with E-state index < -0.39 is 12.1 Å². The molecule has 4 aliphatic rings. The molecule has 4 amide bonds. The molecule has 4 fully saturated rings. The summed E-state index contributed by atoms with van der Waals surface area (Å²) in [6.45, 7) is 6.58. The predicted octanol–water partition coefficient (Wildman–Crippen LogP) is 1.67. The highest BCUT2D eigenvalue weighted by molar-refractivity contribution is 6.22. The summed E-state index contributed by atoms with van der Waals surface area (Å²) in [7, 11) is 0. The molecule has 2 aromatic heterocycles. The number of aromatic nitrogens is 2. The van der Waals surface area contributed by atoms with Crippen LogP contribution in [0.2, 0.25) is 0 Å². The van der Waals surface area contributed by atoms with E-state index in [0.29, 0.717) is 23.4 Å². The molecule has 38 heavy (non-hydrogen) atoms. The molecule has 2 aromatic rings. The Kier molecular flexibility index (Phi) is 6.39. The van der Waals surface area contributed by atoms with Crippen molar-refractivity contribution >= 4 is 35.3 Å². The number of aryl methyl sites for hydroxylation is 2. The van der Waals surface area contributed by atoms with E-state index in [9.17, 15) is 19.2 Å². The van der Waals surface area contributed by atoms with E-state index in [0.717, 1.165) is 61.7 Å². The normalized spacial score (nSPS) is 26.9. The first-order valence-corrected chi connectivity index (χ1v) is 13.4. The Labute approximate surface area is 219 Å². The summed E-state index contributed by atoms with van der Waals surface area (Å²) in [6.07, 6.45) is 4.26. The highest BCUT2D eigenvalue weighted by atomic mass is 16.5. The molecule has 0 aromatic carbocycles. The van der Waals surface area contributed by atoms with Crippen molar-refractivity contribution < 1.29 is 28.2 Å². The molecule has 4 aliphatic heterocycles. The van der Waals surface area contributed by atoms with Gasteiger partial charge in [0.2, 0.25) is 11.8 Å². The molecule has 0 bridgehead atoms. The van der Waals surface area contributed by atoms with Gasteiger partial charge in [0.25, 0.3) is 11.8 Å². The lowest BCUT2D eigenvalue weighted by Gasteiger charge is -2.42. The molecule has 12 nitrogen and oxygen atoms in total. The van der Waals surface area contributed by atoms with Crippen LogP contribution in [-0.4, -0.2) is 82.0 Å². The summed E-state index contributed by atoms with van der Waals surface area (Å²) in [5, 5.41) is 7.70. The summed E-state index contributed by atoms with van der Waals surface area (Å²) >= 11 is 0. The van der Waals surface area contributed by atoms with Crippen LogP contribution in [0.25, 0.3) is 0 Å². The zero-order valence-electron chi connectivity index (χ0n) is 21.7. The van der Waals surface area contributed by atoms with E-state index in [4.69, 9.17) is 9.05 Å². The fraction of sp³-hybridized carbons (Fsp3) is 0.615. The third-order valence-corrected chi connectivity index (χ3v) is 8.63. The minimum Gasteiger partial charge on any atom is -0.360 e. The molecule has 12 heteroatoms. The van der Waals surface area contributed by atoms with Crippen molar-refractivity contribution in [3.63, 3.8) is 0 Å². The molecule has 4 saturated heterocycles. The number of nitrogens with zero attached hydrogens (tertiary/aromatic N) is 6. The SMILES string of the molecule is Cc1cc(N2C(=O)CC(N3CCC(C4CCN(C5CC(=O)N(c6cc(C)on6)C5=O)CC4)CC3)C2=O)no1. The Morgan fingerprint density at radius 2 is 1.03 bits per heavy atom. The monoisotopic (exact) mass is 524 g/mol. The topological polar surface area (TPSA) is 133 Å². The van der Waals surface area contributed by atoms with Gasteiger partial charge in [-0.2, -0.15) is 0 Å². The van der Waals surface area contributed by atoms with Gasteiger partial charge in [-0.1, -0.05) is 10.3 Å². The van der Waals surface area contributed by atoms with Gasteiger partial charge in [-0.15, -0.1) is 0 Å². The average Bonchev–Trinajstić information content (AvgIpc) is 3.66. The summed E-state index contributed by atoms with van der Waals surface area (Å²) in [6, 6.07) is 2.34. The van der Waals surface area contributed by atoms with E-state index in [1.165, 1.54) is 0 Å². The standard InChI is InChI=1S/C26H32N6O6/c1-15-11-21(27-37-15)31-23(33)13-19(25(31)35)29-7-3-17(4-8-29)18-5-9-30(10-6-18)20-14-24(34)32(26(20)36)22-12-16(2)38-28-22/h11-12,17-20H,3-10,13-14H2,1-2H3. The first kappa shape index (κ1) is 24.9. The quantitative estimate of drug-likeness (QED) is 0.532. The molecule has 0 radical (unpaired) electrons. The molecule has 0 saturated carbocycles. The van der Waals surface area contributed by atoms with Crippen molar-refractivity contribution in [3.05, 3.63) is 23.7 Å². The molecular weight excluding hydrogens is 492 g/mol. The number of amides is 4. The third kappa shape index (κ3) is 4.35. The smallest absolute Gasteiger partial charge is 0.252 e. The number of carbonyl (C=O) groups is 4. The number of rotatable bonds is 5. The molecular formula is C26H32N6O6. The Balaban J connectivity index is 1.00. The van der Waals surface area contributed by atoms with Gasteiger partial charge < -0.3 is 9.05 Å². The molecule has 6 rings (SSSR count). The van der Waals surface area contributed by atoms with Crippen LogP contribution in [0, 0.1) is 25.7 Å². The van der Waals surface area contributed by atoms with Crippen molar-refractivity contribution in [2.24, 2.45) is 11.8 Å². The Bertz CT molecular complexity index is 1160. The van der Waals surface area contributed by atoms with E-state index in [1.807, 2.05) is 0 Å². The van der Waals surface area contributed by atoms with Gasteiger partial charge in [-0.05, 0) is 77.5 Å². The van der Waals surface area contributed by atoms with Gasteiger partial charge in [0.05, 0.1) is 24.9 Å². The van der Waals surface area contributed by atoms with Crippen molar-refractivity contribution in [1.82, 2.24) is 20.1 Å². The largest absolute Gasteiger partial charge is 0.360 e. The van der Waals surface area contributed by atoms with E-state index >= 15 is 0 Å². The van der Waals surface area contributed by atoms with Gasteiger partial charge in [0.1, 0.15) is 11.5 Å². The van der Waals surface area contributed by atoms with Crippen molar-refractivity contribution in [2.75, 3.05) is 36.0 Å². The number of likely N-dealkylation sites (tertiary alicyclic amines) is 2. The average molecular weight is 525 g/mol. The van der Waals surface area contributed by atoms with Crippen LogP contribution in [-0.2, 0) is 19.2 Å². The minimum atomic E-state index is -0.440. The molecule has 2 atom stereocenters. The number of imide groups is 2. The fourth-order valence-corrected chi connectivity index (χ4v) is 6.61. The van der Waals surface area contributed by atoms with E-state index in [-0.39, 0.29) is 48.1 Å². The second kappa shape index (κ2) is 9.73. The van der Waals surface area contributed by atoms with Crippen LogP contribution in [0.3, 0.4) is 0 Å². The van der Waals surface area contributed by atoms with Crippen LogP contribution in [0.1, 0.15) is 50.0 Å². The molecule has 0 spiro atoms. The number of piperidine rings is 2. The Morgan fingerprint density at radius 3 is 1.34 bits per heavy atom. The van der Waals surface area contributed by atoms with Crippen molar-refractivity contribution in [3.8, 4) is 0 Å². The first-order chi connectivity index (χ1) is 18.3. The molecule has 0 N–H and O–H groups in total. The maximum Gasteiger partial charge on any atom is 0.252 e. The lowest BCUT2D eigenvalue weighted by Crippen LogP contribution is -2.49. The Morgan fingerprint density at radius 1 is 0.658 bits per heavy atom. The zero-order valence-corrected chi connectivity index (χ0v) is 21.7. The molecule has 0 aliphatic carbocycles. The van der Waals surface area contributed by atoms with Crippen molar-refractivity contribution in [1.29, 1.82) is 0 Å². The number of carbonyl (C=O) groups excluding carboxylic acids is 4. The Hall–Kier alpha value is -3.38. The van der Waals surface area contributed by atoms with E-state index in [1.54, 1.807) is 26.0 Å². The number of anilines is 2. The van der Waals surface area contributed by atoms with Gasteiger partial charge in [-0.3, -0.25) is 29.0 Å². The summed E-state index contributed by atoms with van der Waals surface area (Å²) in [4.78, 5) is 57.8. The predicted molar refractivity (Wildman–Crippen MR) is 133 cm³/mol. The van der Waals surface area contributed by atoms with E-state index in [2.05, 4.69) is 20.1 Å². The molecule has 6 heterocycles. The minimum absolute atomic E-state index is 0.173. The fourth-order valence-electron chi connectivity index (χ4n) is 6.61.